The fourth-order valence-corrected chi connectivity index (χ4v) is 8.59. The van der Waals surface area contributed by atoms with Crippen molar-refractivity contribution >= 4 is 29.8 Å². The van der Waals surface area contributed by atoms with E-state index in [1.54, 1.807) is 0 Å². The van der Waals surface area contributed by atoms with Crippen LogP contribution < -0.4 is 9.47 Å². The smallest absolute Gasteiger partial charge is 0.333 e. The highest BCUT2D eigenvalue weighted by Gasteiger charge is 2.54. The molecule has 3 aromatic carbocycles. The van der Waals surface area contributed by atoms with Crippen molar-refractivity contribution in [3.8, 4) is 34.5 Å². The van der Waals surface area contributed by atoms with E-state index in [1.165, 1.54) is 74.9 Å². The summed E-state index contributed by atoms with van der Waals surface area (Å²) in [5.74, 6) is -4.78. The van der Waals surface area contributed by atoms with Gasteiger partial charge >= 0.3 is 17.7 Å². The minimum Gasteiger partial charge on any atom is -0.571 e. The van der Waals surface area contributed by atoms with Crippen LogP contribution in [0.4, 0.5) is 0 Å². The second kappa shape index (κ2) is 24.7. The molecule has 5 aliphatic rings. The average Bonchev–Trinajstić information content (AvgIpc) is 3.49. The fourth-order valence-electron chi connectivity index (χ4n) is 8.59. The van der Waals surface area contributed by atoms with Gasteiger partial charge in [0.1, 0.15) is 79.2 Å². The Kier molecular flexibility index (Phi) is 18.0. The van der Waals surface area contributed by atoms with Crippen molar-refractivity contribution in [2.24, 2.45) is 0 Å². The standard InChI is InChI=1S/C52H56O27/c1-69-32-14-22(4-9-27(32)56)5-11-37(59)71-20-36-40(62)42(64)45(67)50(76-36)78-48-43(65)46(68)51(77-38(60)12-6-21-3-8-26(55)29(58)13-21)79-52(48)74-34-18-25-30(72-47(34)23-7-10-28(57)33(15-23)70-2)16-24(54)17-31(25)73-49-44(66)41(63)39(61)35(19-53)75-49/h3-18,30,35-36,39-46,48-58,61-68H,19-20H2,1-2H3/p+1. The Labute approximate surface area is 446 Å². The first-order valence-corrected chi connectivity index (χ1v) is 24.0. The first-order chi connectivity index (χ1) is 37.7. The fraction of sp³-hybridized carbons (Fsp3) is 0.385. The van der Waals surface area contributed by atoms with E-state index in [9.17, 15) is 81.1 Å². The summed E-state index contributed by atoms with van der Waals surface area (Å²) in [6.45, 7) is -1.59. The predicted molar refractivity (Wildman–Crippen MR) is 262 cm³/mol. The molecule has 79 heavy (non-hydrogen) atoms. The Morgan fingerprint density at radius 3 is 1.86 bits per heavy atom. The van der Waals surface area contributed by atoms with Crippen molar-refractivity contribution in [1.29, 1.82) is 0 Å². The molecule has 0 aromatic heterocycles. The number of allylic oxidation sites excluding steroid dienone is 2. The van der Waals surface area contributed by atoms with Gasteiger partial charge in [-0.15, -0.1) is 0 Å². The number of methoxy groups -OCH3 is 2. The van der Waals surface area contributed by atoms with Gasteiger partial charge in [0.05, 0.1) is 38.0 Å². The van der Waals surface area contributed by atoms with E-state index in [-0.39, 0.29) is 57.0 Å². The SMILES string of the molecule is COc1cc(C=CC(=O)OCC2OC(OC3C(OC4=C(c5ccc(O)c(OC)c5)[OH+]C5C=C(O)C=C(OC6OC(CO)C(O)C(O)C6O)C5=C4)OC(OC(=O)C=Cc4ccc(O)c(O)c4)C(O)C3O)C(O)C(O)C2O)ccc1O. The quantitative estimate of drug-likeness (QED) is 0.0310. The number of esters is 2. The van der Waals surface area contributed by atoms with Crippen molar-refractivity contribution in [1.82, 2.24) is 0 Å². The molecule has 27 nitrogen and oxygen atoms in total. The molecule has 0 bridgehead atoms. The van der Waals surface area contributed by atoms with Crippen molar-refractivity contribution in [3.05, 3.63) is 125 Å². The monoisotopic (exact) mass is 1110 g/mol. The van der Waals surface area contributed by atoms with Crippen LogP contribution in [0.2, 0.25) is 0 Å². The number of hydrogen-bond donors (Lipinski definition) is 14. The number of carbonyl (C=O) groups excluding carboxylic acids is 2. The van der Waals surface area contributed by atoms with Gasteiger partial charge in [-0.1, -0.05) is 12.1 Å². The summed E-state index contributed by atoms with van der Waals surface area (Å²) in [7, 11) is 2.58. The topological polar surface area (TPSA) is 422 Å². The molecule has 4 heterocycles. The van der Waals surface area contributed by atoms with E-state index in [0.29, 0.717) is 5.56 Å². The molecular weight excluding hydrogens is 1060 g/mol. The lowest BCUT2D eigenvalue weighted by molar-refractivity contribution is -0.380. The summed E-state index contributed by atoms with van der Waals surface area (Å²) in [4.78, 5) is 26.1. The number of ether oxygens (including phenoxy) is 11. The zero-order valence-electron chi connectivity index (χ0n) is 41.5. The third kappa shape index (κ3) is 12.8. The van der Waals surface area contributed by atoms with Crippen LogP contribution in [0.15, 0.2) is 108 Å². The van der Waals surface area contributed by atoms with Crippen LogP contribution in [0, 0.1) is 0 Å². The largest absolute Gasteiger partial charge is 0.571 e. The highest BCUT2D eigenvalue weighted by Crippen LogP contribution is 2.41. The van der Waals surface area contributed by atoms with Crippen LogP contribution in [-0.4, -0.2) is 214 Å². The lowest BCUT2D eigenvalue weighted by Gasteiger charge is -2.45. The zero-order valence-corrected chi connectivity index (χ0v) is 41.5. The van der Waals surface area contributed by atoms with Crippen molar-refractivity contribution in [2.75, 3.05) is 27.4 Å². The first-order valence-electron chi connectivity index (χ1n) is 24.0. The second-order valence-corrected chi connectivity index (χ2v) is 18.2. The summed E-state index contributed by atoms with van der Waals surface area (Å²) >= 11 is 0. The molecule has 3 aromatic rings. The Hall–Kier alpha value is -7.48. The first kappa shape index (κ1) is 57.7. The van der Waals surface area contributed by atoms with Gasteiger partial charge in [0.15, 0.2) is 46.9 Å². The van der Waals surface area contributed by atoms with Gasteiger partial charge in [0, 0.05) is 30.4 Å². The van der Waals surface area contributed by atoms with Crippen LogP contribution in [0.5, 0.6) is 34.5 Å². The third-order valence-electron chi connectivity index (χ3n) is 12.9. The Morgan fingerprint density at radius 2 is 1.19 bits per heavy atom. The van der Waals surface area contributed by atoms with Crippen molar-refractivity contribution in [2.45, 2.75) is 98.4 Å². The van der Waals surface area contributed by atoms with Crippen LogP contribution >= 0.6 is 0 Å². The molecule has 15 N–H and O–H groups in total. The molecule has 0 saturated carbocycles. The maximum atomic E-state index is 13.3. The van der Waals surface area contributed by atoms with Gasteiger partial charge in [-0.2, -0.15) is 0 Å². The predicted octanol–water partition coefficient (Wildman–Crippen LogP) is -1.69. The molecule has 16 atom stereocenters. The number of carbonyl (C=O) groups is 2. The highest BCUT2D eigenvalue weighted by molar-refractivity contribution is 5.88. The summed E-state index contributed by atoms with van der Waals surface area (Å²) < 4.78 is 61.6. The second-order valence-electron chi connectivity index (χ2n) is 18.2. The molecule has 0 spiro atoms. The summed E-state index contributed by atoms with van der Waals surface area (Å²) in [6.07, 6.45) is -22.8. The number of benzene rings is 3. The zero-order chi connectivity index (χ0) is 57.0. The molecule has 426 valence electrons. The maximum absolute atomic E-state index is 13.3. The Balaban J connectivity index is 1.13. The molecule has 3 fully saturated rings. The number of aliphatic hydroxyl groups is 12. The van der Waals surface area contributed by atoms with Crippen molar-refractivity contribution in [3.63, 3.8) is 0 Å². The molecular formula is C52H57O27+. The van der Waals surface area contributed by atoms with Gasteiger partial charge in [0.2, 0.25) is 30.7 Å². The number of phenolic OH excluding ortho intramolecular Hbond substituents is 4. The molecule has 0 radical (unpaired) electrons. The summed E-state index contributed by atoms with van der Waals surface area (Å²) in [5.41, 5.74) is 0.775. The van der Waals surface area contributed by atoms with Crippen LogP contribution in [-0.2, 0) is 47.5 Å². The summed E-state index contributed by atoms with van der Waals surface area (Å²) in [5, 5.41) is 149. The van der Waals surface area contributed by atoms with E-state index in [2.05, 4.69) is 0 Å². The number of fused-ring (bicyclic) bond motifs is 1. The Morgan fingerprint density at radius 1 is 0.595 bits per heavy atom. The van der Waals surface area contributed by atoms with E-state index >= 15 is 0 Å². The minimum absolute atomic E-state index is 0.0136. The number of rotatable bonds is 17. The van der Waals surface area contributed by atoms with Gasteiger partial charge in [-0.3, -0.25) is 4.74 Å². The van der Waals surface area contributed by atoms with Crippen LogP contribution in [0.25, 0.3) is 17.9 Å². The number of phenols is 4. The van der Waals surface area contributed by atoms with Crippen LogP contribution in [0.3, 0.4) is 0 Å². The van der Waals surface area contributed by atoms with E-state index in [0.717, 1.165) is 36.4 Å². The Bertz CT molecular complexity index is 2890. The van der Waals surface area contributed by atoms with Crippen LogP contribution in [0.1, 0.15) is 16.7 Å². The minimum atomic E-state index is -2.26. The van der Waals surface area contributed by atoms with E-state index in [1.807, 2.05) is 0 Å². The lowest BCUT2D eigenvalue weighted by Crippen LogP contribution is -2.64. The number of hydrogen-bond acceptors (Lipinski definition) is 26. The average molecular weight is 1110 g/mol. The molecule has 16 unspecified atom stereocenters. The lowest BCUT2D eigenvalue weighted by atomic mass is 9.96. The number of aliphatic hydroxyl groups excluding tert-OH is 10. The van der Waals surface area contributed by atoms with Gasteiger partial charge < -0.3 is 119 Å². The third-order valence-corrected chi connectivity index (χ3v) is 12.9. The highest BCUT2D eigenvalue weighted by atomic mass is 16.8. The summed E-state index contributed by atoms with van der Waals surface area (Å²) in [6, 6.07) is 11.7. The van der Waals surface area contributed by atoms with E-state index < -0.39 is 141 Å². The molecule has 4 aliphatic heterocycles. The molecule has 3 saturated heterocycles. The normalized spacial score (nSPS) is 31.8. The maximum Gasteiger partial charge on any atom is 0.333 e. The van der Waals surface area contributed by atoms with Gasteiger partial charge in [-0.05, 0) is 59.7 Å². The van der Waals surface area contributed by atoms with Gasteiger partial charge in [0.25, 0.3) is 0 Å². The number of aromatic hydroxyl groups is 4. The van der Waals surface area contributed by atoms with Gasteiger partial charge in [-0.25, -0.2) is 9.59 Å². The molecule has 8 rings (SSSR count). The molecule has 27 heteroatoms. The molecule has 0 amide bonds. The van der Waals surface area contributed by atoms with Crippen molar-refractivity contribution < 1.29 is 133 Å². The van der Waals surface area contributed by atoms with E-state index in [4.69, 9.17) is 52.1 Å². The molecule has 1 aliphatic carbocycles.